The number of allylic oxidation sites excluding steroid dienone is 2. The second-order valence-corrected chi connectivity index (χ2v) is 18.3. The summed E-state index contributed by atoms with van der Waals surface area (Å²) in [7, 11) is 0. The molecule has 6 nitrogen and oxygen atoms in total. The Bertz CT molecular complexity index is 893. The standard InChI is InChI=1S/C53H103NO5/c1-4-7-10-13-16-19-21-23-25-26-27-28-30-32-34-37-40-43-46-53(58)59-49(44-41-38-35-18-15-12-9-6-3)47-52(57)54-50(48-55)51(56)45-42-39-36-33-31-29-24-22-20-17-14-11-8-5-2/h27-28,49-51,55-56H,4-26,29-48H2,1-3H3,(H,54,57)/b28-27+. The van der Waals surface area contributed by atoms with Gasteiger partial charge < -0.3 is 20.3 Å². The van der Waals surface area contributed by atoms with Gasteiger partial charge in [0.1, 0.15) is 6.10 Å². The fourth-order valence-electron chi connectivity index (χ4n) is 8.31. The van der Waals surface area contributed by atoms with Crippen LogP contribution in [0.5, 0.6) is 0 Å². The Morgan fingerprint density at radius 2 is 0.814 bits per heavy atom. The molecule has 0 rings (SSSR count). The van der Waals surface area contributed by atoms with Gasteiger partial charge in [0.25, 0.3) is 0 Å². The molecule has 3 N–H and O–H groups in total. The molecule has 0 fully saturated rings. The van der Waals surface area contributed by atoms with Crippen LogP contribution in [0.3, 0.4) is 0 Å². The quantitative estimate of drug-likeness (QED) is 0.0322. The molecular formula is C53H103NO5. The van der Waals surface area contributed by atoms with Crippen LogP contribution in [0.2, 0.25) is 0 Å². The van der Waals surface area contributed by atoms with E-state index in [-0.39, 0.29) is 24.9 Å². The summed E-state index contributed by atoms with van der Waals surface area (Å²) in [6.45, 7) is 6.48. The third-order valence-corrected chi connectivity index (χ3v) is 12.3. The molecule has 350 valence electrons. The normalized spacial score (nSPS) is 13.2. The highest BCUT2D eigenvalue weighted by atomic mass is 16.5. The number of nitrogens with one attached hydrogen (secondary N) is 1. The molecule has 0 aromatic heterocycles. The zero-order chi connectivity index (χ0) is 43.1. The van der Waals surface area contributed by atoms with Crippen LogP contribution >= 0.6 is 0 Å². The van der Waals surface area contributed by atoms with Crippen molar-refractivity contribution in [1.82, 2.24) is 5.32 Å². The van der Waals surface area contributed by atoms with E-state index in [0.717, 1.165) is 51.4 Å². The van der Waals surface area contributed by atoms with Gasteiger partial charge in [-0.25, -0.2) is 0 Å². The molecule has 0 aliphatic carbocycles. The highest BCUT2D eigenvalue weighted by Crippen LogP contribution is 2.18. The van der Waals surface area contributed by atoms with Gasteiger partial charge in [0.2, 0.25) is 5.91 Å². The Balaban J connectivity index is 4.37. The second kappa shape index (κ2) is 47.6. The maximum absolute atomic E-state index is 13.2. The molecule has 0 aromatic rings. The summed E-state index contributed by atoms with van der Waals surface area (Å²) in [6.07, 6.45) is 52.8. The van der Waals surface area contributed by atoms with Crippen molar-refractivity contribution in [3.8, 4) is 0 Å². The van der Waals surface area contributed by atoms with Gasteiger partial charge in [-0.2, -0.15) is 0 Å². The minimum Gasteiger partial charge on any atom is -0.462 e. The van der Waals surface area contributed by atoms with Gasteiger partial charge in [0, 0.05) is 6.42 Å². The molecule has 59 heavy (non-hydrogen) atoms. The first-order valence-electron chi connectivity index (χ1n) is 26.4. The summed E-state index contributed by atoms with van der Waals surface area (Å²) in [6, 6.07) is -0.695. The largest absolute Gasteiger partial charge is 0.462 e. The van der Waals surface area contributed by atoms with Crippen molar-refractivity contribution in [2.45, 2.75) is 309 Å². The first-order chi connectivity index (χ1) is 29.0. The molecule has 3 unspecified atom stereocenters. The van der Waals surface area contributed by atoms with Crippen molar-refractivity contribution in [3.05, 3.63) is 12.2 Å². The number of rotatable bonds is 48. The first-order valence-corrected chi connectivity index (χ1v) is 26.4. The van der Waals surface area contributed by atoms with Gasteiger partial charge in [-0.15, -0.1) is 0 Å². The smallest absolute Gasteiger partial charge is 0.306 e. The number of hydrogen-bond donors (Lipinski definition) is 3. The molecule has 1 amide bonds. The lowest BCUT2D eigenvalue weighted by Crippen LogP contribution is -2.46. The summed E-state index contributed by atoms with van der Waals surface area (Å²) in [4.78, 5) is 26.0. The Labute approximate surface area is 368 Å². The van der Waals surface area contributed by atoms with E-state index < -0.39 is 18.2 Å². The summed E-state index contributed by atoms with van der Waals surface area (Å²) in [5.74, 6) is -0.470. The predicted octanol–water partition coefficient (Wildman–Crippen LogP) is 15.7. The number of esters is 1. The summed E-state index contributed by atoms with van der Waals surface area (Å²) < 4.78 is 5.91. The fourth-order valence-corrected chi connectivity index (χ4v) is 8.31. The third-order valence-electron chi connectivity index (χ3n) is 12.3. The summed E-state index contributed by atoms with van der Waals surface area (Å²) in [5, 5.41) is 23.7. The minimum atomic E-state index is -0.782. The number of carbonyl (C=O) groups is 2. The monoisotopic (exact) mass is 834 g/mol. The van der Waals surface area contributed by atoms with Gasteiger partial charge in [0.05, 0.1) is 25.2 Å². The van der Waals surface area contributed by atoms with E-state index in [1.807, 2.05) is 0 Å². The second-order valence-electron chi connectivity index (χ2n) is 18.3. The Hall–Kier alpha value is -1.40. The lowest BCUT2D eigenvalue weighted by molar-refractivity contribution is -0.151. The number of amides is 1. The molecule has 0 saturated carbocycles. The van der Waals surface area contributed by atoms with Gasteiger partial charge in [-0.3, -0.25) is 9.59 Å². The highest BCUT2D eigenvalue weighted by molar-refractivity contribution is 5.77. The molecule has 3 atom stereocenters. The van der Waals surface area contributed by atoms with E-state index in [1.54, 1.807) is 0 Å². The van der Waals surface area contributed by atoms with Crippen LogP contribution in [-0.2, 0) is 14.3 Å². The first kappa shape index (κ1) is 57.6. The number of ether oxygens (including phenoxy) is 1. The van der Waals surface area contributed by atoms with Crippen molar-refractivity contribution in [2.75, 3.05) is 6.61 Å². The van der Waals surface area contributed by atoms with E-state index >= 15 is 0 Å². The van der Waals surface area contributed by atoms with Gasteiger partial charge in [0.15, 0.2) is 0 Å². The van der Waals surface area contributed by atoms with Crippen molar-refractivity contribution < 1.29 is 24.5 Å². The van der Waals surface area contributed by atoms with Crippen LogP contribution in [0.15, 0.2) is 12.2 Å². The van der Waals surface area contributed by atoms with Gasteiger partial charge >= 0.3 is 5.97 Å². The summed E-state index contributed by atoms with van der Waals surface area (Å²) >= 11 is 0. The van der Waals surface area contributed by atoms with Crippen LogP contribution in [0, 0.1) is 0 Å². The molecule has 0 aliphatic rings. The molecule has 0 radical (unpaired) electrons. The van der Waals surface area contributed by atoms with E-state index in [0.29, 0.717) is 19.3 Å². The average Bonchev–Trinajstić information content (AvgIpc) is 3.23. The zero-order valence-corrected chi connectivity index (χ0v) is 39.9. The van der Waals surface area contributed by atoms with Crippen molar-refractivity contribution in [2.24, 2.45) is 0 Å². The molecule has 0 spiro atoms. The van der Waals surface area contributed by atoms with Crippen LogP contribution in [0.4, 0.5) is 0 Å². The van der Waals surface area contributed by atoms with Crippen molar-refractivity contribution in [1.29, 1.82) is 0 Å². The van der Waals surface area contributed by atoms with Gasteiger partial charge in [-0.05, 0) is 51.4 Å². The Kier molecular flexibility index (Phi) is 46.5. The number of aliphatic hydroxyl groups is 2. The van der Waals surface area contributed by atoms with Crippen LogP contribution < -0.4 is 5.32 Å². The highest BCUT2D eigenvalue weighted by Gasteiger charge is 2.24. The number of hydrogen-bond acceptors (Lipinski definition) is 5. The molecular weight excluding hydrogens is 731 g/mol. The fraction of sp³-hybridized carbons (Fsp3) is 0.925. The summed E-state index contributed by atoms with van der Waals surface area (Å²) in [5.41, 5.74) is 0. The van der Waals surface area contributed by atoms with Gasteiger partial charge in [-0.1, -0.05) is 238 Å². The van der Waals surface area contributed by atoms with Crippen molar-refractivity contribution >= 4 is 11.9 Å². The molecule has 6 heteroatoms. The third kappa shape index (κ3) is 43.1. The number of carbonyl (C=O) groups excluding carboxylic acids is 2. The SMILES string of the molecule is CCCCCCCCCCC/C=C/CCCCCCCC(=O)OC(CCCCCCCCCC)CC(=O)NC(CO)C(O)CCCCCCCCCCCCCCCC. The van der Waals surface area contributed by atoms with E-state index in [1.165, 1.54) is 193 Å². The van der Waals surface area contributed by atoms with E-state index in [4.69, 9.17) is 4.74 Å². The van der Waals surface area contributed by atoms with E-state index in [9.17, 15) is 19.8 Å². The Morgan fingerprint density at radius 1 is 0.475 bits per heavy atom. The lowest BCUT2D eigenvalue weighted by Gasteiger charge is -2.24. The topological polar surface area (TPSA) is 95.9 Å². The molecule has 0 heterocycles. The number of aliphatic hydroxyl groups excluding tert-OH is 2. The lowest BCUT2D eigenvalue weighted by atomic mass is 10.0. The number of unbranched alkanes of at least 4 members (excludes halogenated alkanes) is 34. The molecule has 0 aromatic carbocycles. The van der Waals surface area contributed by atoms with E-state index in [2.05, 4.69) is 38.2 Å². The maximum atomic E-state index is 13.2. The Morgan fingerprint density at radius 3 is 1.20 bits per heavy atom. The van der Waals surface area contributed by atoms with Crippen LogP contribution in [-0.4, -0.2) is 46.9 Å². The van der Waals surface area contributed by atoms with Crippen LogP contribution in [0.1, 0.15) is 290 Å². The predicted molar refractivity (Wildman–Crippen MR) is 255 cm³/mol. The molecule has 0 bridgehead atoms. The van der Waals surface area contributed by atoms with Crippen LogP contribution in [0.25, 0.3) is 0 Å². The molecule has 0 aliphatic heterocycles. The minimum absolute atomic E-state index is 0.0803. The molecule has 0 saturated heterocycles. The average molecular weight is 834 g/mol. The van der Waals surface area contributed by atoms with Crippen molar-refractivity contribution in [3.63, 3.8) is 0 Å². The zero-order valence-electron chi connectivity index (χ0n) is 39.9. The maximum Gasteiger partial charge on any atom is 0.306 e.